The Morgan fingerprint density at radius 2 is 1.80 bits per heavy atom. The second-order valence-electron chi connectivity index (χ2n) is 5.17. The van der Waals surface area contributed by atoms with Crippen molar-refractivity contribution in [3.63, 3.8) is 0 Å². The van der Waals surface area contributed by atoms with Gasteiger partial charge in [0.05, 0.1) is 6.04 Å². The Bertz CT molecular complexity index is 744. The van der Waals surface area contributed by atoms with Crippen LogP contribution in [0.25, 0.3) is 0 Å². The molecule has 0 spiro atoms. The van der Waals surface area contributed by atoms with Crippen molar-refractivity contribution in [3.8, 4) is 0 Å². The molecule has 0 saturated carbocycles. The van der Waals surface area contributed by atoms with Crippen LogP contribution in [0.1, 0.15) is 18.5 Å². The van der Waals surface area contributed by atoms with Gasteiger partial charge in [-0.3, -0.25) is 10.2 Å². The topological polar surface area (TPSA) is 172 Å². The molecule has 0 bridgehead atoms. The minimum absolute atomic E-state index is 0. The van der Waals surface area contributed by atoms with Gasteiger partial charge in [-0.1, -0.05) is 23.7 Å². The van der Waals surface area contributed by atoms with Crippen LogP contribution in [0.4, 0.5) is 5.69 Å². The lowest BCUT2D eigenvalue weighted by molar-refractivity contribution is -0.115. The summed E-state index contributed by atoms with van der Waals surface area (Å²) in [4.78, 5) is 12.5. The van der Waals surface area contributed by atoms with E-state index in [0.717, 1.165) is 10.5 Å². The molecule has 1 unspecified atom stereocenters. The molecule has 0 aromatic heterocycles. The Morgan fingerprint density at radius 1 is 1.24 bits per heavy atom. The Morgan fingerprint density at radius 3 is 2.32 bits per heavy atom. The van der Waals surface area contributed by atoms with E-state index in [-0.39, 0.29) is 46.9 Å². The first-order chi connectivity index (χ1) is 11.2. The predicted octanol–water partition coefficient (Wildman–Crippen LogP) is 0.118. The second kappa shape index (κ2) is 7.86. The Kier molecular flexibility index (Phi) is 6.37. The van der Waals surface area contributed by atoms with E-state index in [1.807, 2.05) is 19.1 Å². The van der Waals surface area contributed by atoms with Crippen LogP contribution in [0.15, 0.2) is 46.8 Å². The molecule has 1 heterocycles. The Labute approximate surface area is 155 Å². The summed E-state index contributed by atoms with van der Waals surface area (Å²) in [6.45, 7) is 1.85. The van der Waals surface area contributed by atoms with Gasteiger partial charge < -0.3 is 33.6 Å². The molecule has 1 aromatic rings. The van der Waals surface area contributed by atoms with E-state index in [4.69, 9.17) is 39.9 Å². The quantitative estimate of drug-likeness (QED) is 0.167. The van der Waals surface area contributed by atoms with Crippen LogP contribution in [-0.2, 0) is 4.79 Å². The molecular weight excluding hydrogens is 367 g/mol. The minimum Gasteiger partial charge on any atom is -0.399 e. The van der Waals surface area contributed by atoms with Crippen LogP contribution in [0, 0.1) is 5.41 Å². The number of nitrogens with one attached hydrogen (secondary N) is 3. The lowest BCUT2D eigenvalue weighted by Crippen LogP contribution is -2.50. The van der Waals surface area contributed by atoms with Gasteiger partial charge in [-0.2, -0.15) is 0 Å². The highest BCUT2D eigenvalue weighted by Crippen LogP contribution is 2.21. The first-order valence-corrected chi connectivity index (χ1v) is 7.32. The predicted molar refractivity (Wildman–Crippen MR) is 99.8 cm³/mol. The number of nitrogens with two attached hydrogens (primary N) is 4. The zero-order valence-corrected chi connectivity index (χ0v) is 14.9. The average molecular weight is 387 g/mol. The number of nitrogen functional groups attached to an aromatic ring is 1. The molecule has 0 saturated heterocycles. The molecule has 25 heavy (non-hydrogen) atoms. The number of halogens is 2. The van der Waals surface area contributed by atoms with Gasteiger partial charge in [0.2, 0.25) is 5.96 Å². The highest BCUT2D eigenvalue weighted by molar-refractivity contribution is 6.30. The van der Waals surface area contributed by atoms with Crippen molar-refractivity contribution in [2.45, 2.75) is 13.0 Å². The summed E-state index contributed by atoms with van der Waals surface area (Å²) in [7, 11) is 0. The normalized spacial score (nSPS) is 15.2. The SMILES string of the molecule is CC(NC(=N)N1C(N)=C(Cl)NC(C(N)=O)=C1N)c1ccc(N)cc1.Cl. The molecule has 11 heteroatoms. The number of amides is 1. The first kappa shape index (κ1) is 20.3. The van der Waals surface area contributed by atoms with Gasteiger partial charge in [-0.15, -0.1) is 12.4 Å². The summed E-state index contributed by atoms with van der Waals surface area (Å²) in [5.41, 5.74) is 24.0. The minimum atomic E-state index is -0.817. The van der Waals surface area contributed by atoms with Crippen molar-refractivity contribution in [3.05, 3.63) is 52.3 Å². The number of hydrogen-bond donors (Lipinski definition) is 7. The van der Waals surface area contributed by atoms with E-state index < -0.39 is 5.91 Å². The van der Waals surface area contributed by atoms with Crippen LogP contribution >= 0.6 is 24.0 Å². The lowest BCUT2D eigenvalue weighted by Gasteiger charge is -2.32. The third-order valence-corrected chi connectivity index (χ3v) is 3.75. The number of benzene rings is 1. The molecule has 0 radical (unpaired) electrons. The molecule has 1 aliphatic rings. The number of carbonyl (C=O) groups is 1. The van der Waals surface area contributed by atoms with Gasteiger partial charge in [-0.25, -0.2) is 4.90 Å². The Hall–Kier alpha value is -2.78. The van der Waals surface area contributed by atoms with Gasteiger partial charge in [0.25, 0.3) is 5.91 Å². The van der Waals surface area contributed by atoms with Crippen molar-refractivity contribution in [2.24, 2.45) is 17.2 Å². The molecule has 0 fully saturated rings. The van der Waals surface area contributed by atoms with Crippen LogP contribution in [0.2, 0.25) is 0 Å². The molecule has 1 amide bonds. The van der Waals surface area contributed by atoms with E-state index in [2.05, 4.69) is 10.6 Å². The van der Waals surface area contributed by atoms with Crippen molar-refractivity contribution in [1.29, 1.82) is 5.41 Å². The summed E-state index contributed by atoms with van der Waals surface area (Å²) in [6, 6.07) is 6.93. The zero-order chi connectivity index (χ0) is 18.0. The maximum absolute atomic E-state index is 11.4. The smallest absolute Gasteiger partial charge is 0.268 e. The molecule has 2 rings (SSSR count). The number of rotatable bonds is 3. The molecule has 9 nitrogen and oxygen atoms in total. The third kappa shape index (κ3) is 4.20. The van der Waals surface area contributed by atoms with E-state index in [0.29, 0.717) is 5.69 Å². The maximum atomic E-state index is 11.4. The van der Waals surface area contributed by atoms with Crippen molar-refractivity contribution in [1.82, 2.24) is 15.5 Å². The van der Waals surface area contributed by atoms with Gasteiger partial charge in [0, 0.05) is 5.69 Å². The summed E-state index contributed by atoms with van der Waals surface area (Å²) < 4.78 is 0. The summed E-state index contributed by atoms with van der Waals surface area (Å²) in [5.74, 6) is -1.12. The number of primary amides is 1. The fraction of sp³-hybridized carbons (Fsp3) is 0.143. The largest absolute Gasteiger partial charge is 0.399 e. The average Bonchev–Trinajstić information content (AvgIpc) is 2.51. The van der Waals surface area contributed by atoms with E-state index >= 15 is 0 Å². The Balaban J connectivity index is 0.00000312. The number of nitrogens with zero attached hydrogens (tertiary/aromatic N) is 1. The molecular formula is C14H20Cl2N8O. The molecule has 1 aliphatic heterocycles. The lowest BCUT2D eigenvalue weighted by atomic mass is 10.1. The number of anilines is 1. The van der Waals surface area contributed by atoms with Crippen LogP contribution in [0.5, 0.6) is 0 Å². The van der Waals surface area contributed by atoms with Crippen LogP contribution < -0.4 is 33.6 Å². The standard InChI is InChI=1S/C14H19ClN8O.ClH/c1-6(7-2-4-8(16)5-3-7)21-14(20)23-11(17)9(13(19)24)22-10(15)12(23)18;/h2-6,22H,16-18H2,1H3,(H2,19,24)(H2,20,21);1H. The summed E-state index contributed by atoms with van der Waals surface area (Å²) in [5, 5.41) is 13.6. The molecule has 136 valence electrons. The summed E-state index contributed by atoms with van der Waals surface area (Å²) >= 11 is 5.95. The highest BCUT2D eigenvalue weighted by Gasteiger charge is 2.29. The third-order valence-electron chi connectivity index (χ3n) is 3.46. The fourth-order valence-electron chi connectivity index (χ4n) is 2.14. The van der Waals surface area contributed by atoms with Gasteiger partial charge in [0.1, 0.15) is 22.5 Å². The number of guanidine groups is 1. The second-order valence-corrected chi connectivity index (χ2v) is 5.54. The fourth-order valence-corrected chi connectivity index (χ4v) is 2.32. The van der Waals surface area contributed by atoms with E-state index in [1.54, 1.807) is 12.1 Å². The maximum Gasteiger partial charge on any atom is 0.268 e. The van der Waals surface area contributed by atoms with Crippen LogP contribution in [-0.4, -0.2) is 16.8 Å². The van der Waals surface area contributed by atoms with E-state index in [1.165, 1.54) is 0 Å². The highest BCUT2D eigenvalue weighted by atomic mass is 35.5. The first-order valence-electron chi connectivity index (χ1n) is 6.94. The molecule has 1 atom stereocenters. The molecule has 0 aliphatic carbocycles. The molecule has 1 aromatic carbocycles. The monoisotopic (exact) mass is 386 g/mol. The van der Waals surface area contributed by atoms with Crippen molar-refractivity contribution < 1.29 is 4.79 Å². The van der Waals surface area contributed by atoms with Crippen molar-refractivity contribution >= 4 is 41.6 Å². The summed E-state index contributed by atoms with van der Waals surface area (Å²) in [6.07, 6.45) is 0. The van der Waals surface area contributed by atoms with Crippen molar-refractivity contribution in [2.75, 3.05) is 5.73 Å². The number of carbonyl (C=O) groups excluding carboxylic acids is 1. The van der Waals surface area contributed by atoms with Gasteiger partial charge >= 0.3 is 0 Å². The van der Waals surface area contributed by atoms with Gasteiger partial charge in [-0.05, 0) is 24.6 Å². The zero-order valence-electron chi connectivity index (χ0n) is 13.3. The van der Waals surface area contributed by atoms with Gasteiger partial charge in [0.15, 0.2) is 0 Å². The van der Waals surface area contributed by atoms with E-state index in [9.17, 15) is 4.79 Å². The molecule has 11 N–H and O–H groups in total. The van der Waals surface area contributed by atoms with Crippen LogP contribution in [0.3, 0.4) is 0 Å². The number of hydrogen-bond acceptors (Lipinski definition) is 6.